The van der Waals surface area contributed by atoms with Crippen molar-refractivity contribution in [2.24, 2.45) is 0 Å². The number of carbonyl (C=O) groups excluding carboxylic acids is 1. The number of piperazine rings is 1. The molecule has 1 saturated carbocycles. The van der Waals surface area contributed by atoms with Crippen molar-refractivity contribution in [3.63, 3.8) is 0 Å². The van der Waals surface area contributed by atoms with Gasteiger partial charge in [-0.3, -0.25) is 9.91 Å². The second-order valence-electron chi connectivity index (χ2n) is 7.46. The van der Waals surface area contributed by atoms with Crippen molar-refractivity contribution < 1.29 is 4.79 Å². The molecule has 0 bridgehead atoms. The maximum atomic E-state index is 11.8. The molecule has 1 unspecified atom stereocenters. The number of carbonyl (C=O) groups is 1. The Morgan fingerprint density at radius 1 is 1.11 bits per heavy atom. The average molecular weight is 380 g/mol. The van der Waals surface area contributed by atoms with Crippen molar-refractivity contribution >= 4 is 23.6 Å². The molecule has 9 heteroatoms. The van der Waals surface area contributed by atoms with Crippen molar-refractivity contribution in [1.82, 2.24) is 29.8 Å². The number of nitrogens with one attached hydrogen (secondary N) is 1. The van der Waals surface area contributed by atoms with E-state index < -0.39 is 6.04 Å². The Hall–Kier alpha value is -2.94. The summed E-state index contributed by atoms with van der Waals surface area (Å²) in [5, 5.41) is 1.76. The van der Waals surface area contributed by atoms with Gasteiger partial charge in [0.2, 0.25) is 0 Å². The van der Waals surface area contributed by atoms with Crippen LogP contribution in [0.25, 0.3) is 5.70 Å². The zero-order chi connectivity index (χ0) is 18.9. The maximum Gasteiger partial charge on any atom is 0.153 e. The van der Waals surface area contributed by atoms with Gasteiger partial charge in [0.1, 0.15) is 18.2 Å². The molecule has 0 radical (unpaired) electrons. The first kappa shape index (κ1) is 17.2. The van der Waals surface area contributed by atoms with E-state index in [-0.39, 0.29) is 0 Å². The topological polar surface area (TPSA) is 82.4 Å². The predicted octanol–water partition coefficient (Wildman–Crippen LogP) is 0.738. The van der Waals surface area contributed by atoms with Gasteiger partial charge in [-0.2, -0.15) is 0 Å². The number of imidazole rings is 1. The molecule has 1 atom stereocenters. The molecule has 146 valence electrons. The van der Waals surface area contributed by atoms with Gasteiger partial charge in [-0.05, 0) is 12.8 Å². The smallest absolute Gasteiger partial charge is 0.153 e. The van der Waals surface area contributed by atoms with Gasteiger partial charge >= 0.3 is 0 Å². The molecule has 28 heavy (non-hydrogen) atoms. The molecule has 1 N–H and O–H groups in total. The number of rotatable bonds is 5. The zero-order valence-electron chi connectivity index (χ0n) is 15.7. The van der Waals surface area contributed by atoms with Gasteiger partial charge in [0.25, 0.3) is 0 Å². The van der Waals surface area contributed by atoms with Crippen LogP contribution in [0.1, 0.15) is 19.3 Å². The third kappa shape index (κ3) is 3.01. The summed E-state index contributed by atoms with van der Waals surface area (Å²) >= 11 is 0. The molecule has 0 amide bonds. The lowest BCUT2D eigenvalue weighted by atomic mass is 9.91. The van der Waals surface area contributed by atoms with E-state index in [0.717, 1.165) is 50.0 Å². The minimum atomic E-state index is -0.479. The Morgan fingerprint density at radius 3 is 2.61 bits per heavy atom. The first-order valence-electron chi connectivity index (χ1n) is 9.83. The first-order valence-corrected chi connectivity index (χ1v) is 9.83. The summed E-state index contributed by atoms with van der Waals surface area (Å²) in [6.07, 6.45) is 13.5. The monoisotopic (exact) mass is 380 g/mol. The van der Waals surface area contributed by atoms with E-state index in [1.54, 1.807) is 30.1 Å². The quantitative estimate of drug-likeness (QED) is 0.761. The molecule has 0 aromatic carbocycles. The number of nitrogens with zero attached hydrogens (tertiary/aromatic N) is 7. The number of aromatic nitrogens is 4. The van der Waals surface area contributed by atoms with Crippen molar-refractivity contribution in [3.05, 3.63) is 37.3 Å². The summed E-state index contributed by atoms with van der Waals surface area (Å²) < 4.78 is 1.83. The minimum absolute atomic E-state index is 0.479. The Morgan fingerprint density at radius 2 is 1.93 bits per heavy atom. The molecular weight excluding hydrogens is 356 g/mol. The Bertz CT molecular complexity index is 855. The summed E-state index contributed by atoms with van der Waals surface area (Å²) in [6, 6.07) is 2.26. The van der Waals surface area contributed by atoms with Gasteiger partial charge in [-0.1, -0.05) is 6.42 Å². The summed E-state index contributed by atoms with van der Waals surface area (Å²) in [7, 11) is 0. The predicted molar refractivity (Wildman–Crippen MR) is 105 cm³/mol. The van der Waals surface area contributed by atoms with Gasteiger partial charge in [-0.15, -0.1) is 0 Å². The van der Waals surface area contributed by atoms with Gasteiger partial charge in [-0.25, -0.2) is 15.0 Å². The third-order valence-corrected chi connectivity index (χ3v) is 5.98. The SMILES string of the molecule is O=CC1C(n2ccnc2)=CNN1c1cc(N2CCN(C3CCC3)CC2)ncn1. The summed E-state index contributed by atoms with van der Waals surface area (Å²) in [5.74, 6) is 1.58. The van der Waals surface area contributed by atoms with Gasteiger partial charge in [0.05, 0.1) is 12.0 Å². The normalized spacial score (nSPS) is 23.3. The van der Waals surface area contributed by atoms with E-state index in [9.17, 15) is 4.79 Å². The molecule has 2 aromatic rings. The number of hydrogen-bond acceptors (Lipinski definition) is 8. The van der Waals surface area contributed by atoms with Crippen molar-refractivity contribution in [2.45, 2.75) is 31.3 Å². The molecule has 2 fully saturated rings. The second kappa shape index (κ2) is 7.23. The number of aldehydes is 1. The van der Waals surface area contributed by atoms with E-state index in [1.807, 2.05) is 16.8 Å². The minimum Gasteiger partial charge on any atom is -0.354 e. The fourth-order valence-corrected chi connectivity index (χ4v) is 4.12. The van der Waals surface area contributed by atoms with Crippen LogP contribution in [0.4, 0.5) is 11.6 Å². The van der Waals surface area contributed by atoms with Crippen LogP contribution in [0.15, 0.2) is 37.3 Å². The van der Waals surface area contributed by atoms with Gasteiger partial charge in [0, 0.05) is 56.9 Å². The highest BCUT2D eigenvalue weighted by Gasteiger charge is 2.31. The molecule has 2 aliphatic heterocycles. The molecule has 9 nitrogen and oxygen atoms in total. The lowest BCUT2D eigenvalue weighted by molar-refractivity contribution is -0.108. The largest absolute Gasteiger partial charge is 0.354 e. The van der Waals surface area contributed by atoms with Crippen LogP contribution in [0.3, 0.4) is 0 Å². The lowest BCUT2D eigenvalue weighted by Gasteiger charge is -2.43. The molecule has 3 aliphatic rings. The molecular formula is C19H24N8O. The van der Waals surface area contributed by atoms with E-state index in [0.29, 0.717) is 5.82 Å². The summed E-state index contributed by atoms with van der Waals surface area (Å²) in [5.41, 5.74) is 3.96. The standard InChI is InChI=1S/C19H24N8O/c28-12-17-16(26-5-4-20-14-26)11-23-27(17)19-10-18(21-13-22-19)25-8-6-24(7-9-25)15-2-1-3-15/h4-5,10-15,17,23H,1-3,6-9H2. The molecule has 4 heterocycles. The lowest BCUT2D eigenvalue weighted by Crippen LogP contribution is -2.52. The summed E-state index contributed by atoms with van der Waals surface area (Å²) in [6.45, 7) is 4.09. The zero-order valence-corrected chi connectivity index (χ0v) is 15.7. The average Bonchev–Trinajstić information content (AvgIpc) is 3.36. The fourth-order valence-electron chi connectivity index (χ4n) is 4.12. The van der Waals surface area contributed by atoms with Crippen molar-refractivity contribution in [2.75, 3.05) is 36.1 Å². The fraction of sp³-hybridized carbons (Fsp3) is 0.474. The highest BCUT2D eigenvalue weighted by molar-refractivity contribution is 5.83. The molecule has 2 aromatic heterocycles. The summed E-state index contributed by atoms with van der Waals surface area (Å²) in [4.78, 5) is 29.6. The Labute approximate surface area is 163 Å². The van der Waals surface area contributed by atoms with Crippen LogP contribution in [0.5, 0.6) is 0 Å². The van der Waals surface area contributed by atoms with E-state index >= 15 is 0 Å². The van der Waals surface area contributed by atoms with Crippen LogP contribution in [0, 0.1) is 0 Å². The Balaban J connectivity index is 1.30. The second-order valence-corrected chi connectivity index (χ2v) is 7.46. The maximum absolute atomic E-state index is 11.8. The first-order chi connectivity index (χ1) is 13.8. The van der Waals surface area contributed by atoms with Crippen molar-refractivity contribution in [3.8, 4) is 0 Å². The van der Waals surface area contributed by atoms with Gasteiger partial charge < -0.3 is 19.7 Å². The Kier molecular flexibility index (Phi) is 4.44. The highest BCUT2D eigenvalue weighted by atomic mass is 16.1. The molecule has 5 rings (SSSR count). The van der Waals surface area contributed by atoms with E-state index in [4.69, 9.17) is 0 Å². The molecule has 1 saturated heterocycles. The van der Waals surface area contributed by atoms with Crippen molar-refractivity contribution in [1.29, 1.82) is 0 Å². The van der Waals surface area contributed by atoms with Crippen LogP contribution < -0.4 is 15.3 Å². The highest BCUT2D eigenvalue weighted by Crippen LogP contribution is 2.28. The van der Waals surface area contributed by atoms with Gasteiger partial charge in [0.15, 0.2) is 12.1 Å². The van der Waals surface area contributed by atoms with Crippen LogP contribution >= 0.6 is 0 Å². The molecule has 0 spiro atoms. The van der Waals surface area contributed by atoms with Crippen LogP contribution in [0.2, 0.25) is 0 Å². The number of anilines is 2. The number of hydrogen-bond donors (Lipinski definition) is 1. The molecule has 1 aliphatic carbocycles. The number of hydrazine groups is 1. The van der Waals surface area contributed by atoms with Crippen LogP contribution in [-0.4, -0.2) is 69.0 Å². The van der Waals surface area contributed by atoms with Crippen LogP contribution in [-0.2, 0) is 4.79 Å². The van der Waals surface area contributed by atoms with E-state index in [2.05, 4.69) is 30.2 Å². The third-order valence-electron chi connectivity index (χ3n) is 5.98. The van der Waals surface area contributed by atoms with E-state index in [1.165, 1.54) is 19.3 Å².